The second-order valence-electron chi connectivity index (χ2n) is 8.69. The highest BCUT2D eigenvalue weighted by molar-refractivity contribution is 7.22. The topological polar surface area (TPSA) is 95.3 Å². The lowest BCUT2D eigenvalue weighted by Gasteiger charge is -2.22. The smallest absolute Gasteiger partial charge is 0.313 e. The average Bonchev–Trinajstić information content (AvgIpc) is 3.47. The Labute approximate surface area is 211 Å². The van der Waals surface area contributed by atoms with Gasteiger partial charge in [-0.15, -0.1) is 11.3 Å². The molecule has 4 aromatic rings. The van der Waals surface area contributed by atoms with E-state index >= 15 is 0 Å². The Balaban J connectivity index is 1.25. The van der Waals surface area contributed by atoms with Gasteiger partial charge in [-0.25, -0.2) is 9.37 Å². The second-order valence-corrected chi connectivity index (χ2v) is 9.75. The largest absolute Gasteiger partial charge is 0.462 e. The minimum Gasteiger partial charge on any atom is -0.462 e. The molecular weight excluding hydrogens is 483 g/mol. The number of benzene rings is 1. The maximum atomic E-state index is 14.9. The van der Waals surface area contributed by atoms with E-state index in [2.05, 4.69) is 15.3 Å². The van der Waals surface area contributed by atoms with Gasteiger partial charge in [0.15, 0.2) is 11.6 Å². The Kier molecular flexibility index (Phi) is 7.06. The highest BCUT2D eigenvalue weighted by Crippen LogP contribution is 2.39. The number of aryl methyl sites for hydroxylation is 1. The predicted molar refractivity (Wildman–Crippen MR) is 134 cm³/mol. The SMILES string of the molecule is Cn1ccnc1-c1cc2nccc(Oc3ccc(CC(=O)CC(=O)OC4CCNCC4)cc3F)c2s1. The molecule has 1 aliphatic heterocycles. The van der Waals surface area contributed by atoms with Gasteiger partial charge in [-0.3, -0.25) is 14.6 Å². The van der Waals surface area contributed by atoms with Crippen LogP contribution in [0, 0.1) is 5.82 Å². The molecule has 0 amide bonds. The summed E-state index contributed by atoms with van der Waals surface area (Å²) in [5.41, 5.74) is 1.20. The van der Waals surface area contributed by atoms with Crippen LogP contribution in [0.15, 0.2) is 48.9 Å². The van der Waals surface area contributed by atoms with Crippen LogP contribution in [-0.2, 0) is 27.8 Å². The molecule has 0 saturated carbocycles. The summed E-state index contributed by atoms with van der Waals surface area (Å²) in [7, 11) is 1.91. The van der Waals surface area contributed by atoms with E-state index in [1.165, 1.54) is 23.5 Å². The van der Waals surface area contributed by atoms with Gasteiger partial charge in [0.25, 0.3) is 0 Å². The average molecular weight is 509 g/mol. The number of esters is 1. The van der Waals surface area contributed by atoms with Gasteiger partial charge in [0.2, 0.25) is 0 Å². The number of ether oxygens (including phenoxy) is 2. The molecule has 0 atom stereocenters. The van der Waals surface area contributed by atoms with Crippen molar-refractivity contribution in [1.29, 1.82) is 0 Å². The number of Topliss-reactive ketones (excluding diaryl/α,β-unsaturated/α-hetero) is 1. The number of piperidine rings is 1. The molecule has 1 fully saturated rings. The van der Waals surface area contributed by atoms with Crippen LogP contribution in [0.1, 0.15) is 24.8 Å². The summed E-state index contributed by atoms with van der Waals surface area (Å²) in [4.78, 5) is 34.1. The summed E-state index contributed by atoms with van der Waals surface area (Å²) in [6.45, 7) is 1.59. The summed E-state index contributed by atoms with van der Waals surface area (Å²) in [6, 6.07) is 7.99. The fraction of sp³-hybridized carbons (Fsp3) is 0.308. The molecule has 0 radical (unpaired) electrons. The third kappa shape index (κ3) is 5.44. The molecule has 36 heavy (non-hydrogen) atoms. The number of fused-ring (bicyclic) bond motifs is 1. The number of nitrogens with one attached hydrogen (secondary N) is 1. The van der Waals surface area contributed by atoms with Crippen molar-refractivity contribution in [2.75, 3.05) is 13.1 Å². The van der Waals surface area contributed by atoms with Gasteiger partial charge in [0.1, 0.15) is 29.9 Å². The summed E-state index contributed by atoms with van der Waals surface area (Å²) in [5.74, 6) is -0.120. The number of carbonyl (C=O) groups excluding carboxylic acids is 2. The first-order chi connectivity index (χ1) is 17.5. The van der Waals surface area contributed by atoms with Crippen LogP contribution in [-0.4, -0.2) is 45.5 Å². The van der Waals surface area contributed by atoms with Crippen molar-refractivity contribution in [2.45, 2.75) is 31.8 Å². The maximum Gasteiger partial charge on any atom is 0.313 e. The van der Waals surface area contributed by atoms with E-state index in [0.717, 1.165) is 46.8 Å². The molecule has 0 spiro atoms. The fourth-order valence-electron chi connectivity index (χ4n) is 4.16. The van der Waals surface area contributed by atoms with E-state index in [1.54, 1.807) is 24.5 Å². The molecule has 10 heteroatoms. The van der Waals surface area contributed by atoms with Crippen LogP contribution >= 0.6 is 11.3 Å². The second kappa shape index (κ2) is 10.5. The normalized spacial score (nSPS) is 14.2. The van der Waals surface area contributed by atoms with Crippen molar-refractivity contribution in [3.8, 4) is 22.2 Å². The van der Waals surface area contributed by atoms with E-state index in [1.807, 2.05) is 23.9 Å². The van der Waals surface area contributed by atoms with Crippen LogP contribution in [0.3, 0.4) is 0 Å². The van der Waals surface area contributed by atoms with Gasteiger partial charge in [-0.05, 0) is 49.7 Å². The fourth-order valence-corrected chi connectivity index (χ4v) is 5.26. The number of aromatic nitrogens is 3. The van der Waals surface area contributed by atoms with Crippen molar-refractivity contribution in [3.05, 3.63) is 60.3 Å². The molecule has 1 N–H and O–H groups in total. The molecule has 3 aromatic heterocycles. The number of hydrogen-bond donors (Lipinski definition) is 1. The minimum atomic E-state index is -0.594. The number of imidazole rings is 1. The van der Waals surface area contributed by atoms with Crippen LogP contribution in [0.5, 0.6) is 11.5 Å². The summed E-state index contributed by atoms with van der Waals surface area (Å²) < 4.78 is 28.8. The molecule has 0 unspecified atom stereocenters. The van der Waals surface area contributed by atoms with Gasteiger partial charge < -0.3 is 19.4 Å². The highest BCUT2D eigenvalue weighted by atomic mass is 32.1. The standard InChI is InChI=1S/C26H25FN4O4S/c1-31-11-10-30-26(31)23-15-20-25(36-23)22(6-9-29-20)35-21-3-2-16(13-19(21)27)12-17(32)14-24(33)34-18-4-7-28-8-5-18/h2-3,6,9-11,13,15,18,28H,4-5,7-8,12,14H2,1H3. The molecule has 186 valence electrons. The van der Waals surface area contributed by atoms with Gasteiger partial charge in [-0.1, -0.05) is 6.07 Å². The van der Waals surface area contributed by atoms with E-state index in [4.69, 9.17) is 9.47 Å². The van der Waals surface area contributed by atoms with E-state index in [-0.39, 0.29) is 30.5 Å². The number of nitrogens with zero attached hydrogens (tertiary/aromatic N) is 3. The first-order valence-electron chi connectivity index (χ1n) is 11.7. The first kappa shape index (κ1) is 24.1. The van der Waals surface area contributed by atoms with Gasteiger partial charge >= 0.3 is 5.97 Å². The van der Waals surface area contributed by atoms with Crippen LogP contribution in [0.25, 0.3) is 20.9 Å². The molecule has 0 aliphatic carbocycles. The summed E-state index contributed by atoms with van der Waals surface area (Å²) in [6.07, 6.45) is 6.15. The van der Waals surface area contributed by atoms with Crippen LogP contribution < -0.4 is 10.1 Å². The third-order valence-electron chi connectivity index (χ3n) is 5.96. The number of rotatable bonds is 8. The van der Waals surface area contributed by atoms with Crippen LogP contribution in [0.4, 0.5) is 4.39 Å². The molecule has 1 saturated heterocycles. The molecule has 8 nitrogen and oxygen atoms in total. The zero-order chi connectivity index (χ0) is 25.1. The van der Waals surface area contributed by atoms with Gasteiger partial charge in [0, 0.05) is 38.1 Å². The van der Waals surface area contributed by atoms with E-state index in [0.29, 0.717) is 11.3 Å². The third-order valence-corrected chi connectivity index (χ3v) is 7.10. The predicted octanol–water partition coefficient (Wildman–Crippen LogP) is 4.43. The molecule has 5 rings (SSSR count). The molecule has 0 bridgehead atoms. The Hall–Kier alpha value is -3.63. The Bertz CT molecular complexity index is 1410. The number of carbonyl (C=O) groups is 2. The Morgan fingerprint density at radius 1 is 1.14 bits per heavy atom. The number of pyridine rings is 1. The molecule has 1 aromatic carbocycles. The maximum absolute atomic E-state index is 14.9. The minimum absolute atomic E-state index is 0.0379. The quantitative estimate of drug-likeness (QED) is 0.278. The number of halogens is 1. The van der Waals surface area contributed by atoms with Crippen molar-refractivity contribution < 1.29 is 23.5 Å². The summed E-state index contributed by atoms with van der Waals surface area (Å²) in [5, 5.41) is 3.19. The number of ketones is 1. The van der Waals surface area contributed by atoms with Crippen LogP contribution in [0.2, 0.25) is 0 Å². The first-order valence-corrected chi connectivity index (χ1v) is 12.5. The highest BCUT2D eigenvalue weighted by Gasteiger charge is 2.20. The molecular formula is C26H25FN4O4S. The zero-order valence-corrected chi connectivity index (χ0v) is 20.5. The van der Waals surface area contributed by atoms with E-state index < -0.39 is 11.8 Å². The summed E-state index contributed by atoms with van der Waals surface area (Å²) >= 11 is 1.47. The molecule has 1 aliphatic rings. The number of thiophene rings is 1. The van der Waals surface area contributed by atoms with Gasteiger partial charge in [0.05, 0.1) is 15.1 Å². The van der Waals surface area contributed by atoms with E-state index in [9.17, 15) is 14.0 Å². The van der Waals surface area contributed by atoms with Crippen molar-refractivity contribution in [1.82, 2.24) is 19.9 Å². The molecule has 4 heterocycles. The van der Waals surface area contributed by atoms with Crippen molar-refractivity contribution in [3.63, 3.8) is 0 Å². The Morgan fingerprint density at radius 3 is 2.72 bits per heavy atom. The lowest BCUT2D eigenvalue weighted by atomic mass is 10.1. The number of hydrogen-bond acceptors (Lipinski definition) is 8. The monoisotopic (exact) mass is 508 g/mol. The lowest BCUT2D eigenvalue weighted by molar-refractivity contribution is -0.151. The van der Waals surface area contributed by atoms with Crippen molar-refractivity contribution >= 4 is 33.3 Å². The van der Waals surface area contributed by atoms with Gasteiger partial charge in [-0.2, -0.15) is 0 Å². The van der Waals surface area contributed by atoms with Crippen molar-refractivity contribution in [2.24, 2.45) is 7.05 Å². The lowest BCUT2D eigenvalue weighted by Crippen LogP contribution is -2.34. The Morgan fingerprint density at radius 2 is 1.97 bits per heavy atom. The zero-order valence-electron chi connectivity index (χ0n) is 19.7.